The second-order valence-corrected chi connectivity index (χ2v) is 5.48. The molecule has 1 fully saturated rings. The third-order valence-electron chi connectivity index (χ3n) is 2.97. The first kappa shape index (κ1) is 13.9. The number of aryl methyl sites for hydroxylation is 1. The Balaban J connectivity index is 0.000000165. The Bertz CT molecular complexity index is 315. The number of hydrogen-bond donors (Lipinski definition) is 0. The lowest BCUT2D eigenvalue weighted by Crippen LogP contribution is -1.99. The molecule has 0 N–H and O–H groups in total. The summed E-state index contributed by atoms with van der Waals surface area (Å²) in [5.41, 5.74) is 1.13. The molecule has 0 bridgehead atoms. The maximum Gasteiger partial charge on any atom is 0.0594 e. The Morgan fingerprint density at radius 2 is 1.62 bits per heavy atom. The fourth-order valence-corrected chi connectivity index (χ4v) is 2.26. The van der Waals surface area contributed by atoms with E-state index in [2.05, 4.69) is 6.92 Å². The highest BCUT2D eigenvalue weighted by molar-refractivity contribution is 6.41. The average molecular weight is 259 g/mol. The first-order chi connectivity index (χ1) is 7.59. The molecule has 2 rings (SSSR count). The second-order valence-electron chi connectivity index (χ2n) is 4.66. The number of halogens is 2. The van der Waals surface area contributed by atoms with Gasteiger partial charge in [-0.15, -0.1) is 0 Å². The van der Waals surface area contributed by atoms with Crippen LogP contribution in [0.15, 0.2) is 18.2 Å². The molecule has 0 aromatic heterocycles. The van der Waals surface area contributed by atoms with Crippen LogP contribution in [-0.4, -0.2) is 0 Å². The molecule has 0 spiro atoms. The SMILES string of the molecule is CC1CCCCC1.Cc1ccc(Cl)c(Cl)c1. The maximum absolute atomic E-state index is 5.68. The zero-order valence-electron chi connectivity index (χ0n) is 10.1. The van der Waals surface area contributed by atoms with Crippen LogP contribution in [0.4, 0.5) is 0 Å². The Kier molecular flexibility index (Phi) is 6.23. The van der Waals surface area contributed by atoms with Crippen molar-refractivity contribution in [2.45, 2.75) is 46.0 Å². The van der Waals surface area contributed by atoms with Crippen LogP contribution in [0.25, 0.3) is 0 Å². The minimum absolute atomic E-state index is 0.613. The lowest BCUT2D eigenvalue weighted by molar-refractivity contribution is 0.385. The molecule has 90 valence electrons. The van der Waals surface area contributed by atoms with Crippen molar-refractivity contribution in [1.82, 2.24) is 0 Å². The van der Waals surface area contributed by atoms with Gasteiger partial charge in [-0.3, -0.25) is 0 Å². The van der Waals surface area contributed by atoms with Crippen LogP contribution in [0.5, 0.6) is 0 Å². The summed E-state index contributed by atoms with van der Waals surface area (Å²) >= 11 is 11.3. The van der Waals surface area contributed by atoms with E-state index in [9.17, 15) is 0 Å². The first-order valence-corrected chi connectivity index (χ1v) is 6.77. The normalized spacial score (nSPS) is 16.5. The molecule has 2 heteroatoms. The van der Waals surface area contributed by atoms with Gasteiger partial charge < -0.3 is 0 Å². The van der Waals surface area contributed by atoms with Gasteiger partial charge in [0.25, 0.3) is 0 Å². The van der Waals surface area contributed by atoms with Crippen LogP contribution in [-0.2, 0) is 0 Å². The maximum atomic E-state index is 5.68. The Morgan fingerprint density at radius 3 is 2.00 bits per heavy atom. The molecule has 1 aromatic carbocycles. The van der Waals surface area contributed by atoms with Crippen molar-refractivity contribution in [3.05, 3.63) is 33.8 Å². The van der Waals surface area contributed by atoms with Gasteiger partial charge in [0.1, 0.15) is 0 Å². The fourth-order valence-electron chi connectivity index (χ4n) is 1.91. The van der Waals surface area contributed by atoms with Crippen LogP contribution in [0.2, 0.25) is 10.0 Å². The molecule has 16 heavy (non-hydrogen) atoms. The number of hydrogen-bond acceptors (Lipinski definition) is 0. The predicted molar refractivity (Wildman–Crippen MR) is 73.4 cm³/mol. The Hall–Kier alpha value is -0.200. The summed E-state index contributed by atoms with van der Waals surface area (Å²) < 4.78 is 0. The van der Waals surface area contributed by atoms with Gasteiger partial charge in [-0.25, -0.2) is 0 Å². The van der Waals surface area contributed by atoms with Crippen LogP contribution in [0, 0.1) is 12.8 Å². The summed E-state index contributed by atoms with van der Waals surface area (Å²) in [7, 11) is 0. The van der Waals surface area contributed by atoms with Crippen LogP contribution in [0.3, 0.4) is 0 Å². The van der Waals surface area contributed by atoms with Crippen molar-refractivity contribution in [2.75, 3.05) is 0 Å². The van der Waals surface area contributed by atoms with Gasteiger partial charge in [0.2, 0.25) is 0 Å². The minimum Gasteiger partial charge on any atom is -0.0827 e. The molecule has 1 aliphatic rings. The summed E-state index contributed by atoms with van der Waals surface area (Å²) in [6.07, 6.45) is 7.44. The monoisotopic (exact) mass is 258 g/mol. The smallest absolute Gasteiger partial charge is 0.0594 e. The predicted octanol–water partition coefficient (Wildman–Crippen LogP) is 5.89. The van der Waals surface area contributed by atoms with E-state index in [4.69, 9.17) is 23.2 Å². The Morgan fingerprint density at radius 1 is 1.00 bits per heavy atom. The van der Waals surface area contributed by atoms with E-state index in [1.54, 1.807) is 6.07 Å². The fraction of sp³-hybridized carbons (Fsp3) is 0.571. The molecule has 0 aliphatic heterocycles. The standard InChI is InChI=1S/C7H6Cl2.C7H14/c1-5-2-3-6(8)7(9)4-5;1-7-5-3-2-4-6-7/h2-4H,1H3;7H,2-6H2,1H3. The molecule has 0 nitrogen and oxygen atoms in total. The molecule has 0 unspecified atom stereocenters. The largest absolute Gasteiger partial charge is 0.0827 e. The molecule has 1 saturated carbocycles. The van der Waals surface area contributed by atoms with Crippen LogP contribution < -0.4 is 0 Å². The van der Waals surface area contributed by atoms with Gasteiger partial charge in [-0.2, -0.15) is 0 Å². The van der Waals surface area contributed by atoms with Crippen LogP contribution >= 0.6 is 23.2 Å². The molecular weight excluding hydrogens is 239 g/mol. The van der Waals surface area contributed by atoms with Gasteiger partial charge in [-0.05, 0) is 30.5 Å². The molecule has 1 aromatic rings. The van der Waals surface area contributed by atoms with Crippen molar-refractivity contribution in [3.63, 3.8) is 0 Å². The summed E-state index contributed by atoms with van der Waals surface area (Å²) in [5.74, 6) is 1.04. The van der Waals surface area contributed by atoms with E-state index in [0.717, 1.165) is 11.5 Å². The average Bonchev–Trinajstić information content (AvgIpc) is 2.26. The minimum atomic E-state index is 0.613. The third-order valence-corrected chi connectivity index (χ3v) is 3.71. The highest BCUT2D eigenvalue weighted by Gasteiger charge is 2.05. The van der Waals surface area contributed by atoms with E-state index in [-0.39, 0.29) is 0 Å². The van der Waals surface area contributed by atoms with Gasteiger partial charge in [0.15, 0.2) is 0 Å². The highest BCUT2D eigenvalue weighted by Crippen LogP contribution is 2.22. The van der Waals surface area contributed by atoms with Crippen molar-refractivity contribution in [2.24, 2.45) is 5.92 Å². The van der Waals surface area contributed by atoms with Crippen molar-refractivity contribution in [1.29, 1.82) is 0 Å². The molecule has 0 saturated heterocycles. The van der Waals surface area contributed by atoms with E-state index < -0.39 is 0 Å². The molecule has 0 radical (unpaired) electrons. The lowest BCUT2D eigenvalue weighted by atomic mass is 9.91. The van der Waals surface area contributed by atoms with E-state index >= 15 is 0 Å². The van der Waals surface area contributed by atoms with Crippen molar-refractivity contribution < 1.29 is 0 Å². The molecule has 0 heterocycles. The number of benzene rings is 1. The highest BCUT2D eigenvalue weighted by atomic mass is 35.5. The molecule has 1 aliphatic carbocycles. The third kappa shape index (κ3) is 5.23. The van der Waals surface area contributed by atoms with Gasteiger partial charge in [0.05, 0.1) is 10.0 Å². The second kappa shape index (κ2) is 7.19. The van der Waals surface area contributed by atoms with Crippen molar-refractivity contribution >= 4 is 23.2 Å². The molecule has 0 amide bonds. The summed E-state index contributed by atoms with van der Waals surface area (Å²) in [6.45, 7) is 4.33. The van der Waals surface area contributed by atoms with Gasteiger partial charge in [-0.1, -0.05) is 68.3 Å². The quantitative estimate of drug-likeness (QED) is 0.545. The molecule has 0 atom stereocenters. The van der Waals surface area contributed by atoms with Crippen LogP contribution in [0.1, 0.15) is 44.6 Å². The van der Waals surface area contributed by atoms with Gasteiger partial charge in [0, 0.05) is 0 Å². The zero-order chi connectivity index (χ0) is 12.0. The summed E-state index contributed by atoms with van der Waals surface area (Å²) in [4.78, 5) is 0. The number of rotatable bonds is 0. The summed E-state index contributed by atoms with van der Waals surface area (Å²) in [6, 6.07) is 5.55. The van der Waals surface area contributed by atoms with E-state index in [1.807, 2.05) is 19.1 Å². The first-order valence-electron chi connectivity index (χ1n) is 6.01. The summed E-state index contributed by atoms with van der Waals surface area (Å²) in [5, 5.41) is 1.24. The molecular formula is C14H20Cl2. The topological polar surface area (TPSA) is 0 Å². The van der Waals surface area contributed by atoms with Crippen molar-refractivity contribution in [3.8, 4) is 0 Å². The Labute approximate surface area is 109 Å². The van der Waals surface area contributed by atoms with E-state index in [1.165, 1.54) is 32.1 Å². The zero-order valence-corrected chi connectivity index (χ0v) is 11.6. The van der Waals surface area contributed by atoms with Gasteiger partial charge >= 0.3 is 0 Å². The lowest BCUT2D eigenvalue weighted by Gasteiger charge is -2.15. The van der Waals surface area contributed by atoms with E-state index in [0.29, 0.717) is 10.0 Å².